The van der Waals surface area contributed by atoms with Crippen LogP contribution in [0.15, 0.2) is 29.1 Å². The van der Waals surface area contributed by atoms with Gasteiger partial charge in [-0.3, -0.25) is 0 Å². The molecule has 2 heterocycles. The molecule has 0 amide bonds. The van der Waals surface area contributed by atoms with Crippen LogP contribution in [0.5, 0.6) is 0 Å². The van der Waals surface area contributed by atoms with E-state index in [9.17, 15) is 0 Å². The summed E-state index contributed by atoms with van der Waals surface area (Å²) in [5.74, 6) is 1.30. The van der Waals surface area contributed by atoms with E-state index >= 15 is 0 Å². The molecule has 2 aromatic heterocycles. The third-order valence-corrected chi connectivity index (χ3v) is 1.82. The number of hydrogen-bond acceptors (Lipinski definition) is 4. The Bertz CT molecular complexity index is 422. The number of aryl methyl sites for hydroxylation is 1. The molecule has 0 unspecified atom stereocenters. The fourth-order valence-corrected chi connectivity index (χ4v) is 1.17. The minimum Gasteiger partial charge on any atom is -0.469 e. The summed E-state index contributed by atoms with van der Waals surface area (Å²) >= 11 is 0. The maximum Gasteiger partial charge on any atom is 0.127 e. The number of anilines is 1. The molecule has 0 radical (unpaired) electrons. The van der Waals surface area contributed by atoms with E-state index in [-0.39, 0.29) is 0 Å². The first-order chi connectivity index (χ1) is 6.27. The molecular weight excluding hydrogens is 166 g/mol. The number of furan rings is 1. The minimum absolute atomic E-state index is 0.464. The zero-order valence-electron chi connectivity index (χ0n) is 7.19. The van der Waals surface area contributed by atoms with Gasteiger partial charge in [0.05, 0.1) is 12.0 Å². The summed E-state index contributed by atoms with van der Waals surface area (Å²) in [4.78, 5) is 7.91. The highest BCUT2D eigenvalue weighted by atomic mass is 16.3. The van der Waals surface area contributed by atoms with E-state index < -0.39 is 0 Å². The molecule has 2 N–H and O–H groups in total. The number of nitrogens with zero attached hydrogens (tertiary/aromatic N) is 2. The Hall–Kier alpha value is -1.84. The van der Waals surface area contributed by atoms with Gasteiger partial charge in [-0.1, -0.05) is 0 Å². The molecule has 4 heteroatoms. The lowest BCUT2D eigenvalue weighted by atomic mass is 10.2. The van der Waals surface area contributed by atoms with Gasteiger partial charge in [0.1, 0.15) is 17.9 Å². The molecule has 0 saturated heterocycles. The van der Waals surface area contributed by atoms with Crippen LogP contribution < -0.4 is 5.73 Å². The molecule has 0 spiro atoms. The molecule has 2 rings (SSSR count). The third-order valence-electron chi connectivity index (χ3n) is 1.82. The largest absolute Gasteiger partial charge is 0.469 e. The summed E-state index contributed by atoms with van der Waals surface area (Å²) < 4.78 is 5.16. The second kappa shape index (κ2) is 2.90. The van der Waals surface area contributed by atoms with Crippen molar-refractivity contribution in [2.75, 3.05) is 5.73 Å². The lowest BCUT2D eigenvalue weighted by Gasteiger charge is -1.97. The Labute approximate surface area is 75.4 Å². The number of aromatic nitrogens is 2. The molecule has 4 nitrogen and oxygen atoms in total. The molecule has 0 aliphatic heterocycles. The predicted octanol–water partition coefficient (Wildman–Crippen LogP) is 1.63. The van der Waals surface area contributed by atoms with Gasteiger partial charge in [0, 0.05) is 11.6 Å². The van der Waals surface area contributed by atoms with Crippen molar-refractivity contribution >= 4 is 5.82 Å². The Morgan fingerprint density at radius 3 is 2.85 bits per heavy atom. The Balaban J connectivity index is 2.53. The van der Waals surface area contributed by atoms with Crippen molar-refractivity contribution in [3.63, 3.8) is 0 Å². The molecule has 0 aliphatic rings. The second-order valence-electron chi connectivity index (χ2n) is 2.72. The summed E-state index contributed by atoms with van der Waals surface area (Å²) in [7, 11) is 0. The number of nitrogens with two attached hydrogens (primary N) is 1. The minimum atomic E-state index is 0.464. The lowest BCUT2D eigenvalue weighted by molar-refractivity contribution is 0.535. The monoisotopic (exact) mass is 175 g/mol. The van der Waals surface area contributed by atoms with Gasteiger partial charge < -0.3 is 10.2 Å². The molecule has 0 fully saturated rings. The lowest BCUT2D eigenvalue weighted by Crippen LogP contribution is -1.92. The van der Waals surface area contributed by atoms with E-state index in [1.807, 2.05) is 13.0 Å². The van der Waals surface area contributed by atoms with Crippen molar-refractivity contribution < 1.29 is 4.42 Å². The molecule has 0 saturated carbocycles. The van der Waals surface area contributed by atoms with E-state index in [0.29, 0.717) is 5.82 Å². The van der Waals surface area contributed by atoms with E-state index in [1.165, 1.54) is 6.33 Å². The van der Waals surface area contributed by atoms with Crippen LogP contribution in [0.25, 0.3) is 11.3 Å². The quantitative estimate of drug-likeness (QED) is 0.715. The van der Waals surface area contributed by atoms with Crippen molar-refractivity contribution in [2.45, 2.75) is 6.92 Å². The predicted molar refractivity (Wildman–Crippen MR) is 48.9 cm³/mol. The Kier molecular flexibility index (Phi) is 1.73. The molecule has 0 aliphatic carbocycles. The number of nitrogen functional groups attached to an aromatic ring is 1. The maximum absolute atomic E-state index is 5.53. The fourth-order valence-electron chi connectivity index (χ4n) is 1.17. The highest BCUT2D eigenvalue weighted by molar-refractivity contribution is 5.62. The van der Waals surface area contributed by atoms with E-state index in [0.717, 1.165) is 17.0 Å². The van der Waals surface area contributed by atoms with Crippen molar-refractivity contribution in [3.8, 4) is 11.3 Å². The van der Waals surface area contributed by atoms with Crippen LogP contribution in [0, 0.1) is 6.92 Å². The van der Waals surface area contributed by atoms with E-state index in [2.05, 4.69) is 9.97 Å². The molecule has 0 atom stereocenters. The first-order valence-electron chi connectivity index (χ1n) is 3.89. The van der Waals surface area contributed by atoms with Crippen LogP contribution in [0.1, 0.15) is 5.76 Å². The van der Waals surface area contributed by atoms with Crippen LogP contribution in [0.2, 0.25) is 0 Å². The van der Waals surface area contributed by atoms with Crippen molar-refractivity contribution in [1.29, 1.82) is 0 Å². The van der Waals surface area contributed by atoms with Crippen LogP contribution in [-0.4, -0.2) is 9.97 Å². The number of rotatable bonds is 1. The maximum atomic E-state index is 5.53. The molecular formula is C9H9N3O. The Morgan fingerprint density at radius 2 is 2.23 bits per heavy atom. The van der Waals surface area contributed by atoms with Gasteiger partial charge in [-0.05, 0) is 13.0 Å². The van der Waals surface area contributed by atoms with Crippen molar-refractivity contribution in [3.05, 3.63) is 30.5 Å². The van der Waals surface area contributed by atoms with Gasteiger partial charge in [-0.25, -0.2) is 9.97 Å². The van der Waals surface area contributed by atoms with Crippen LogP contribution in [0.3, 0.4) is 0 Å². The first kappa shape index (κ1) is 7.79. The van der Waals surface area contributed by atoms with Crippen LogP contribution >= 0.6 is 0 Å². The van der Waals surface area contributed by atoms with E-state index in [4.69, 9.17) is 10.2 Å². The zero-order valence-corrected chi connectivity index (χ0v) is 7.19. The van der Waals surface area contributed by atoms with Crippen molar-refractivity contribution in [2.24, 2.45) is 0 Å². The molecule has 13 heavy (non-hydrogen) atoms. The summed E-state index contributed by atoms with van der Waals surface area (Å²) in [6, 6.07) is 3.58. The highest BCUT2D eigenvalue weighted by Gasteiger charge is 2.05. The van der Waals surface area contributed by atoms with Crippen LogP contribution in [-0.2, 0) is 0 Å². The third kappa shape index (κ3) is 1.38. The van der Waals surface area contributed by atoms with Crippen LogP contribution in [0.4, 0.5) is 5.82 Å². The van der Waals surface area contributed by atoms with E-state index in [1.54, 1.807) is 12.3 Å². The first-order valence-corrected chi connectivity index (χ1v) is 3.89. The summed E-state index contributed by atoms with van der Waals surface area (Å²) in [6.07, 6.45) is 3.07. The number of hydrogen-bond donors (Lipinski definition) is 1. The molecule has 0 aromatic carbocycles. The van der Waals surface area contributed by atoms with Gasteiger partial charge in [0.15, 0.2) is 0 Å². The SMILES string of the molecule is Cc1occc1-c1cc(N)ncn1. The van der Waals surface area contributed by atoms with Gasteiger partial charge in [-0.15, -0.1) is 0 Å². The normalized spacial score (nSPS) is 10.2. The fraction of sp³-hybridized carbons (Fsp3) is 0.111. The standard InChI is InChI=1S/C9H9N3O/c1-6-7(2-3-13-6)8-4-9(10)12-5-11-8/h2-5H,1H3,(H2,10,11,12). The topological polar surface area (TPSA) is 64.9 Å². The second-order valence-corrected chi connectivity index (χ2v) is 2.72. The average molecular weight is 175 g/mol. The van der Waals surface area contributed by atoms with Gasteiger partial charge in [0.2, 0.25) is 0 Å². The summed E-state index contributed by atoms with van der Waals surface area (Å²) in [5, 5.41) is 0. The van der Waals surface area contributed by atoms with Gasteiger partial charge >= 0.3 is 0 Å². The zero-order chi connectivity index (χ0) is 9.26. The van der Waals surface area contributed by atoms with Gasteiger partial charge in [-0.2, -0.15) is 0 Å². The molecule has 0 bridgehead atoms. The molecule has 2 aromatic rings. The van der Waals surface area contributed by atoms with Gasteiger partial charge in [0.25, 0.3) is 0 Å². The summed E-state index contributed by atoms with van der Waals surface area (Å²) in [5.41, 5.74) is 7.28. The average Bonchev–Trinajstić information content (AvgIpc) is 2.51. The van der Waals surface area contributed by atoms with Crippen molar-refractivity contribution in [1.82, 2.24) is 9.97 Å². The Morgan fingerprint density at radius 1 is 1.38 bits per heavy atom. The smallest absolute Gasteiger partial charge is 0.127 e. The highest BCUT2D eigenvalue weighted by Crippen LogP contribution is 2.22. The summed E-state index contributed by atoms with van der Waals surface area (Å²) in [6.45, 7) is 1.88. The molecule has 66 valence electrons.